The molecule has 0 saturated carbocycles. The Kier molecular flexibility index (Phi) is 8.35. The normalized spacial score (nSPS) is 11.4. The summed E-state index contributed by atoms with van der Waals surface area (Å²) < 4.78 is 10.6. The van der Waals surface area contributed by atoms with E-state index in [1.807, 2.05) is 60.7 Å². The number of para-hydroxylation sites is 1. The summed E-state index contributed by atoms with van der Waals surface area (Å²) in [6.07, 6.45) is -0.748. The van der Waals surface area contributed by atoms with Gasteiger partial charge in [0.2, 0.25) is 0 Å². The third-order valence-corrected chi connectivity index (χ3v) is 4.35. The summed E-state index contributed by atoms with van der Waals surface area (Å²) in [6, 6.07) is 17.6. The van der Waals surface area contributed by atoms with E-state index in [9.17, 15) is 14.7 Å². The van der Waals surface area contributed by atoms with Gasteiger partial charge in [-0.15, -0.1) is 0 Å². The largest absolute Gasteiger partial charge is 0.493 e. The fraction of sp³-hybridized carbons (Fsp3) is 0.263. The zero-order valence-electron chi connectivity index (χ0n) is 14.2. The Morgan fingerprint density at radius 3 is 2.35 bits per heavy atom. The van der Waals surface area contributed by atoms with Crippen molar-refractivity contribution in [2.75, 3.05) is 18.1 Å². The van der Waals surface area contributed by atoms with Crippen LogP contribution in [-0.4, -0.2) is 41.3 Å². The molecule has 2 aromatic rings. The summed E-state index contributed by atoms with van der Waals surface area (Å²) in [5.74, 6) is 0.511. The first-order valence-electron chi connectivity index (χ1n) is 8.11. The van der Waals surface area contributed by atoms with Crippen LogP contribution in [0.15, 0.2) is 60.7 Å². The molecule has 0 aromatic heterocycles. The number of hydrogen-bond donors (Lipinski definition) is 2. The molecule has 0 aliphatic heterocycles. The smallest absolute Gasteiger partial charge is 0.408 e. The molecule has 0 fully saturated rings. The number of thioether (sulfide) groups is 1. The van der Waals surface area contributed by atoms with Crippen LogP contribution in [0.4, 0.5) is 4.79 Å². The Balaban J connectivity index is 1.65. The number of aliphatic carboxylic acids is 1. The van der Waals surface area contributed by atoms with Gasteiger partial charge in [-0.05, 0) is 17.7 Å². The number of alkyl carbamates (subject to hydrolysis) is 1. The van der Waals surface area contributed by atoms with E-state index in [0.29, 0.717) is 12.4 Å². The van der Waals surface area contributed by atoms with E-state index < -0.39 is 18.1 Å². The number of benzene rings is 2. The Labute approximate surface area is 156 Å². The van der Waals surface area contributed by atoms with E-state index in [0.717, 1.165) is 11.3 Å². The maximum absolute atomic E-state index is 11.8. The molecule has 1 atom stereocenters. The van der Waals surface area contributed by atoms with E-state index in [2.05, 4.69) is 5.32 Å². The molecule has 6 nitrogen and oxygen atoms in total. The second kappa shape index (κ2) is 11.0. The molecule has 2 rings (SSSR count). The van der Waals surface area contributed by atoms with Crippen LogP contribution in [0.3, 0.4) is 0 Å². The first-order valence-corrected chi connectivity index (χ1v) is 9.26. The molecule has 0 aliphatic rings. The Hall–Kier alpha value is -2.67. The van der Waals surface area contributed by atoms with E-state index in [-0.39, 0.29) is 12.4 Å². The number of hydrogen-bond acceptors (Lipinski definition) is 5. The first kappa shape index (κ1) is 19.7. The van der Waals surface area contributed by atoms with Crippen molar-refractivity contribution in [1.82, 2.24) is 5.32 Å². The van der Waals surface area contributed by atoms with Gasteiger partial charge in [0.1, 0.15) is 18.4 Å². The van der Waals surface area contributed by atoms with Crippen LogP contribution in [-0.2, 0) is 16.1 Å². The van der Waals surface area contributed by atoms with E-state index in [1.165, 1.54) is 11.8 Å². The number of carboxylic acid groups (broad SMARTS) is 1. The zero-order chi connectivity index (χ0) is 18.6. The third kappa shape index (κ3) is 7.48. The fourth-order valence-electron chi connectivity index (χ4n) is 2.02. The number of amides is 1. The van der Waals surface area contributed by atoms with Crippen LogP contribution >= 0.6 is 11.8 Å². The zero-order valence-corrected chi connectivity index (χ0v) is 15.0. The minimum absolute atomic E-state index is 0.0943. The number of nitrogens with one attached hydrogen (secondary N) is 1. The summed E-state index contributed by atoms with van der Waals surface area (Å²) in [4.78, 5) is 23.1. The molecule has 138 valence electrons. The van der Waals surface area contributed by atoms with E-state index in [1.54, 1.807) is 0 Å². The monoisotopic (exact) mass is 375 g/mol. The Morgan fingerprint density at radius 1 is 1.04 bits per heavy atom. The van der Waals surface area contributed by atoms with Crippen LogP contribution in [0, 0.1) is 0 Å². The summed E-state index contributed by atoms with van der Waals surface area (Å²) in [7, 11) is 0. The van der Waals surface area contributed by atoms with Gasteiger partial charge in [0.15, 0.2) is 0 Å². The van der Waals surface area contributed by atoms with Crippen molar-refractivity contribution in [3.05, 3.63) is 66.2 Å². The molecule has 0 spiro atoms. The second-order valence-electron chi connectivity index (χ2n) is 5.33. The number of ether oxygens (including phenoxy) is 2. The van der Waals surface area contributed by atoms with Crippen molar-refractivity contribution in [2.24, 2.45) is 0 Å². The van der Waals surface area contributed by atoms with Gasteiger partial charge in [-0.2, -0.15) is 11.8 Å². The van der Waals surface area contributed by atoms with Gasteiger partial charge in [0.25, 0.3) is 0 Å². The molecule has 7 heteroatoms. The van der Waals surface area contributed by atoms with Crippen LogP contribution in [0.5, 0.6) is 5.75 Å². The van der Waals surface area contributed by atoms with Gasteiger partial charge in [0, 0.05) is 11.5 Å². The molecule has 0 heterocycles. The topological polar surface area (TPSA) is 84.9 Å². The van der Waals surface area contributed by atoms with Crippen molar-refractivity contribution >= 4 is 23.8 Å². The van der Waals surface area contributed by atoms with Crippen LogP contribution in [0.2, 0.25) is 0 Å². The second-order valence-corrected chi connectivity index (χ2v) is 6.48. The minimum Gasteiger partial charge on any atom is -0.493 e. The van der Waals surface area contributed by atoms with E-state index in [4.69, 9.17) is 9.47 Å². The van der Waals surface area contributed by atoms with E-state index >= 15 is 0 Å². The predicted molar refractivity (Wildman–Crippen MR) is 100 cm³/mol. The highest BCUT2D eigenvalue weighted by Gasteiger charge is 2.20. The molecular weight excluding hydrogens is 354 g/mol. The van der Waals surface area contributed by atoms with Gasteiger partial charge in [0.05, 0.1) is 6.61 Å². The minimum atomic E-state index is -1.10. The van der Waals surface area contributed by atoms with Gasteiger partial charge >= 0.3 is 12.1 Å². The average molecular weight is 375 g/mol. The number of carboxylic acids is 1. The highest BCUT2D eigenvalue weighted by Crippen LogP contribution is 2.10. The number of rotatable bonds is 10. The predicted octanol–water partition coefficient (Wildman–Crippen LogP) is 3.18. The molecule has 0 saturated heterocycles. The lowest BCUT2D eigenvalue weighted by Gasteiger charge is -2.14. The quantitative estimate of drug-likeness (QED) is 0.621. The van der Waals surface area contributed by atoms with Gasteiger partial charge in [-0.1, -0.05) is 48.5 Å². The van der Waals surface area contributed by atoms with Crippen molar-refractivity contribution < 1.29 is 24.2 Å². The summed E-state index contributed by atoms with van der Waals surface area (Å²) >= 11 is 1.39. The van der Waals surface area contributed by atoms with Gasteiger partial charge in [-0.25, -0.2) is 9.59 Å². The van der Waals surface area contributed by atoms with Gasteiger partial charge < -0.3 is 19.9 Å². The third-order valence-electron chi connectivity index (χ3n) is 3.33. The maximum Gasteiger partial charge on any atom is 0.408 e. The number of carbonyl (C=O) groups is 2. The lowest BCUT2D eigenvalue weighted by atomic mass is 10.2. The van der Waals surface area contributed by atoms with Crippen molar-refractivity contribution in [2.45, 2.75) is 12.6 Å². The van der Waals surface area contributed by atoms with Crippen LogP contribution < -0.4 is 10.1 Å². The standard InChI is InChI=1S/C19H21NO5S/c21-18(22)17(14-26-12-11-24-16-9-5-2-6-10-16)20-19(23)25-13-15-7-3-1-4-8-15/h1-10,17H,11-14H2,(H,20,23)(H,21,22). The van der Waals surface area contributed by atoms with Crippen LogP contribution in [0.25, 0.3) is 0 Å². The van der Waals surface area contributed by atoms with Crippen LogP contribution in [0.1, 0.15) is 5.56 Å². The van der Waals surface area contributed by atoms with Gasteiger partial charge in [-0.3, -0.25) is 0 Å². The molecule has 2 aromatic carbocycles. The lowest BCUT2D eigenvalue weighted by molar-refractivity contribution is -0.138. The average Bonchev–Trinajstić information content (AvgIpc) is 2.66. The van der Waals surface area contributed by atoms with Crippen molar-refractivity contribution in [1.29, 1.82) is 0 Å². The lowest BCUT2D eigenvalue weighted by Crippen LogP contribution is -2.42. The molecule has 0 radical (unpaired) electrons. The fourth-order valence-corrected chi connectivity index (χ4v) is 2.85. The summed E-state index contributed by atoms with van der Waals surface area (Å²) in [5.41, 5.74) is 0.835. The first-order chi connectivity index (χ1) is 12.6. The maximum atomic E-state index is 11.8. The molecule has 0 bridgehead atoms. The SMILES string of the molecule is O=C(NC(CSCCOc1ccccc1)C(=O)O)OCc1ccccc1. The van der Waals surface area contributed by atoms with Crippen molar-refractivity contribution in [3.8, 4) is 5.75 Å². The molecule has 26 heavy (non-hydrogen) atoms. The molecule has 1 amide bonds. The molecular formula is C19H21NO5S. The Bertz CT molecular complexity index is 681. The highest BCUT2D eigenvalue weighted by atomic mass is 32.2. The molecule has 1 unspecified atom stereocenters. The Morgan fingerprint density at radius 2 is 1.69 bits per heavy atom. The summed E-state index contributed by atoms with van der Waals surface area (Å²) in [5, 5.41) is 11.6. The summed E-state index contributed by atoms with van der Waals surface area (Å²) in [6.45, 7) is 0.552. The number of carbonyl (C=O) groups excluding carboxylic acids is 1. The molecule has 2 N–H and O–H groups in total. The highest BCUT2D eigenvalue weighted by molar-refractivity contribution is 7.99. The molecule has 0 aliphatic carbocycles. The van der Waals surface area contributed by atoms with Crippen molar-refractivity contribution in [3.63, 3.8) is 0 Å².